The van der Waals surface area contributed by atoms with Gasteiger partial charge in [-0.2, -0.15) is 0 Å². The summed E-state index contributed by atoms with van der Waals surface area (Å²) >= 11 is 9.44. The van der Waals surface area contributed by atoms with Crippen LogP contribution in [0.1, 0.15) is 35.2 Å². The zero-order valence-electron chi connectivity index (χ0n) is 12.3. The number of halogens is 3. The molecule has 0 fully saturated rings. The van der Waals surface area contributed by atoms with E-state index in [0.717, 1.165) is 33.8 Å². The van der Waals surface area contributed by atoms with Crippen molar-refractivity contribution in [3.8, 4) is 0 Å². The van der Waals surface area contributed by atoms with Crippen LogP contribution in [0.3, 0.4) is 0 Å². The molecule has 21 heavy (non-hydrogen) atoms. The zero-order valence-corrected chi connectivity index (χ0v) is 14.6. The molecule has 2 aromatic carbocycles. The normalized spacial score (nSPS) is 12.5. The highest BCUT2D eigenvalue weighted by Crippen LogP contribution is 2.31. The van der Waals surface area contributed by atoms with Gasteiger partial charge in [0.25, 0.3) is 0 Å². The predicted molar refractivity (Wildman–Crippen MR) is 90.5 cm³/mol. The molecule has 0 aliphatic carbocycles. The Hall–Kier alpha value is -0.900. The van der Waals surface area contributed by atoms with Gasteiger partial charge in [-0.15, -0.1) is 0 Å². The fourth-order valence-corrected chi connectivity index (χ4v) is 3.03. The van der Waals surface area contributed by atoms with Gasteiger partial charge in [-0.25, -0.2) is 4.39 Å². The van der Waals surface area contributed by atoms with Crippen LogP contribution in [0.4, 0.5) is 4.39 Å². The van der Waals surface area contributed by atoms with Crippen LogP contribution in [0.15, 0.2) is 34.8 Å². The van der Waals surface area contributed by atoms with E-state index >= 15 is 0 Å². The SMILES string of the molecule is CCNC(c1ccc(F)c(Br)c1)c1cc(C)c(Cl)cc1C. The third-order valence-corrected chi connectivity index (χ3v) is 4.56. The second kappa shape index (κ2) is 6.91. The molecule has 1 atom stereocenters. The quantitative estimate of drug-likeness (QED) is 0.743. The molecule has 4 heteroatoms. The molecule has 0 heterocycles. The second-order valence-corrected chi connectivity index (χ2v) is 6.38. The van der Waals surface area contributed by atoms with Crippen LogP contribution in [0.5, 0.6) is 0 Å². The van der Waals surface area contributed by atoms with Crippen molar-refractivity contribution in [2.45, 2.75) is 26.8 Å². The average molecular weight is 371 g/mol. The lowest BCUT2D eigenvalue weighted by molar-refractivity contribution is 0.607. The number of benzene rings is 2. The van der Waals surface area contributed by atoms with Gasteiger partial charge in [0.15, 0.2) is 0 Å². The van der Waals surface area contributed by atoms with E-state index in [4.69, 9.17) is 11.6 Å². The molecule has 0 radical (unpaired) electrons. The fourth-order valence-electron chi connectivity index (χ4n) is 2.42. The number of aryl methyl sites for hydroxylation is 2. The van der Waals surface area contributed by atoms with Crippen molar-refractivity contribution in [1.29, 1.82) is 0 Å². The number of rotatable bonds is 4. The summed E-state index contributed by atoms with van der Waals surface area (Å²) in [5.74, 6) is -0.252. The Bertz CT molecular complexity index is 657. The first-order valence-corrected chi connectivity index (χ1v) is 8.06. The number of hydrogen-bond donors (Lipinski definition) is 1. The Labute approximate surface area is 138 Å². The maximum Gasteiger partial charge on any atom is 0.137 e. The van der Waals surface area contributed by atoms with Gasteiger partial charge in [0.05, 0.1) is 10.5 Å². The molecule has 2 rings (SSSR count). The largest absolute Gasteiger partial charge is 0.307 e. The van der Waals surface area contributed by atoms with Crippen LogP contribution < -0.4 is 5.32 Å². The molecule has 0 aliphatic heterocycles. The van der Waals surface area contributed by atoms with E-state index in [2.05, 4.69) is 34.2 Å². The molecule has 1 unspecified atom stereocenters. The highest BCUT2D eigenvalue weighted by atomic mass is 79.9. The van der Waals surface area contributed by atoms with Crippen LogP contribution in [0.2, 0.25) is 5.02 Å². The van der Waals surface area contributed by atoms with Gasteiger partial charge in [-0.05, 0) is 76.8 Å². The van der Waals surface area contributed by atoms with Crippen molar-refractivity contribution in [2.24, 2.45) is 0 Å². The smallest absolute Gasteiger partial charge is 0.137 e. The van der Waals surface area contributed by atoms with Crippen molar-refractivity contribution in [2.75, 3.05) is 6.54 Å². The van der Waals surface area contributed by atoms with E-state index in [1.807, 2.05) is 32.0 Å². The summed E-state index contributed by atoms with van der Waals surface area (Å²) in [5, 5.41) is 4.23. The topological polar surface area (TPSA) is 12.0 Å². The highest BCUT2D eigenvalue weighted by molar-refractivity contribution is 9.10. The molecule has 0 aliphatic rings. The van der Waals surface area contributed by atoms with E-state index in [9.17, 15) is 4.39 Å². The van der Waals surface area contributed by atoms with Crippen LogP contribution in [0, 0.1) is 19.7 Å². The third-order valence-electron chi connectivity index (χ3n) is 3.54. The Morgan fingerprint density at radius 3 is 2.52 bits per heavy atom. The predicted octanol–water partition coefficient (Wildman–Crippen LogP) is 5.56. The van der Waals surface area contributed by atoms with Crippen molar-refractivity contribution in [1.82, 2.24) is 5.32 Å². The molecule has 0 spiro atoms. The second-order valence-electron chi connectivity index (χ2n) is 5.12. The maximum absolute atomic E-state index is 13.5. The lowest BCUT2D eigenvalue weighted by atomic mass is 9.93. The monoisotopic (exact) mass is 369 g/mol. The third kappa shape index (κ3) is 3.65. The first-order valence-electron chi connectivity index (χ1n) is 6.89. The molecule has 0 saturated heterocycles. The van der Waals surface area contributed by atoms with Gasteiger partial charge in [0, 0.05) is 5.02 Å². The number of hydrogen-bond acceptors (Lipinski definition) is 1. The average Bonchev–Trinajstić information content (AvgIpc) is 2.44. The van der Waals surface area contributed by atoms with E-state index in [0.29, 0.717) is 4.47 Å². The molecule has 112 valence electrons. The van der Waals surface area contributed by atoms with Crippen LogP contribution >= 0.6 is 27.5 Å². The van der Waals surface area contributed by atoms with Crippen molar-refractivity contribution < 1.29 is 4.39 Å². The summed E-state index contributed by atoms with van der Waals surface area (Å²) < 4.78 is 13.9. The van der Waals surface area contributed by atoms with Gasteiger partial charge in [0.1, 0.15) is 5.82 Å². The number of nitrogens with one attached hydrogen (secondary N) is 1. The van der Waals surface area contributed by atoms with E-state index < -0.39 is 0 Å². The summed E-state index contributed by atoms with van der Waals surface area (Å²) in [7, 11) is 0. The van der Waals surface area contributed by atoms with Gasteiger partial charge in [-0.3, -0.25) is 0 Å². The van der Waals surface area contributed by atoms with E-state index in [-0.39, 0.29) is 11.9 Å². The first-order chi connectivity index (χ1) is 9.93. The molecule has 0 amide bonds. The molecule has 1 nitrogen and oxygen atoms in total. The lowest BCUT2D eigenvalue weighted by Gasteiger charge is -2.22. The molecule has 2 aromatic rings. The van der Waals surface area contributed by atoms with Gasteiger partial charge in [-0.1, -0.05) is 30.7 Å². The standard InChI is InChI=1S/C17H18BrClFN/c1-4-21-17(12-5-6-16(20)14(18)9-12)13-7-11(3)15(19)8-10(13)2/h5-9,17,21H,4H2,1-3H3. The van der Waals surface area contributed by atoms with E-state index in [1.54, 1.807) is 0 Å². The molecule has 1 N–H and O–H groups in total. The van der Waals surface area contributed by atoms with Crippen molar-refractivity contribution in [3.05, 3.63) is 67.9 Å². The van der Waals surface area contributed by atoms with E-state index in [1.165, 1.54) is 6.07 Å². The maximum atomic E-state index is 13.5. The zero-order chi connectivity index (χ0) is 15.6. The fraction of sp³-hybridized carbons (Fsp3) is 0.294. The van der Waals surface area contributed by atoms with Crippen LogP contribution in [-0.4, -0.2) is 6.54 Å². The Morgan fingerprint density at radius 1 is 1.19 bits per heavy atom. The Kier molecular flexibility index (Phi) is 5.42. The molecular weight excluding hydrogens is 353 g/mol. The minimum Gasteiger partial charge on any atom is -0.307 e. The van der Waals surface area contributed by atoms with Gasteiger partial charge >= 0.3 is 0 Å². The lowest BCUT2D eigenvalue weighted by Crippen LogP contribution is -2.23. The molecule has 0 saturated carbocycles. The Balaban J connectivity index is 2.52. The van der Waals surface area contributed by atoms with Gasteiger partial charge in [0.2, 0.25) is 0 Å². The highest BCUT2D eigenvalue weighted by Gasteiger charge is 2.17. The Morgan fingerprint density at radius 2 is 1.90 bits per heavy atom. The van der Waals surface area contributed by atoms with Crippen molar-refractivity contribution >= 4 is 27.5 Å². The summed E-state index contributed by atoms with van der Waals surface area (Å²) in [6, 6.07) is 9.23. The summed E-state index contributed by atoms with van der Waals surface area (Å²) in [4.78, 5) is 0. The molecule has 0 aromatic heterocycles. The minimum absolute atomic E-state index is 0.0165. The first kappa shape index (κ1) is 16.5. The van der Waals surface area contributed by atoms with Crippen LogP contribution in [0.25, 0.3) is 0 Å². The van der Waals surface area contributed by atoms with Gasteiger partial charge < -0.3 is 5.32 Å². The van der Waals surface area contributed by atoms with Crippen LogP contribution in [-0.2, 0) is 0 Å². The summed E-state index contributed by atoms with van der Waals surface area (Å²) in [6.45, 7) is 6.92. The minimum atomic E-state index is -0.252. The summed E-state index contributed by atoms with van der Waals surface area (Å²) in [6.07, 6.45) is 0. The summed E-state index contributed by atoms with van der Waals surface area (Å²) in [5.41, 5.74) is 4.35. The van der Waals surface area contributed by atoms with Crippen molar-refractivity contribution in [3.63, 3.8) is 0 Å². The molecular formula is C17H18BrClFN. The molecule has 0 bridgehead atoms.